The van der Waals surface area contributed by atoms with E-state index in [4.69, 9.17) is 10.00 Å². The van der Waals surface area contributed by atoms with Crippen LogP contribution in [0, 0.1) is 11.3 Å². The first-order valence-corrected chi connectivity index (χ1v) is 11.3. The van der Waals surface area contributed by atoms with E-state index in [1.54, 1.807) is 36.4 Å². The molecule has 1 fully saturated rings. The minimum Gasteiger partial charge on any atom is -0.379 e. The molecule has 1 aliphatic heterocycles. The van der Waals surface area contributed by atoms with Gasteiger partial charge in [-0.1, -0.05) is 24.3 Å². The second kappa shape index (κ2) is 9.85. The van der Waals surface area contributed by atoms with Gasteiger partial charge in [0, 0.05) is 19.5 Å². The number of carbonyl (C=O) groups is 1. The highest BCUT2D eigenvalue weighted by atomic mass is 32.2. The van der Waals surface area contributed by atoms with Crippen molar-refractivity contribution in [3.05, 3.63) is 65.2 Å². The first-order valence-electron chi connectivity index (χ1n) is 9.86. The Balaban J connectivity index is 1.53. The van der Waals surface area contributed by atoms with Crippen molar-refractivity contribution in [1.29, 1.82) is 5.26 Å². The molecule has 0 saturated carbocycles. The molecule has 2 aromatic rings. The van der Waals surface area contributed by atoms with Gasteiger partial charge in [-0.3, -0.25) is 4.79 Å². The third kappa shape index (κ3) is 5.45. The van der Waals surface area contributed by atoms with Crippen LogP contribution in [-0.4, -0.2) is 44.9 Å². The molecule has 30 heavy (non-hydrogen) atoms. The molecule has 1 N–H and O–H groups in total. The Hall–Kier alpha value is -2.73. The van der Waals surface area contributed by atoms with Gasteiger partial charge in [0.25, 0.3) is 0 Å². The van der Waals surface area contributed by atoms with Gasteiger partial charge in [-0.15, -0.1) is 0 Å². The van der Waals surface area contributed by atoms with Crippen LogP contribution in [0.1, 0.15) is 36.1 Å². The van der Waals surface area contributed by atoms with Crippen LogP contribution < -0.4 is 5.32 Å². The zero-order valence-electron chi connectivity index (χ0n) is 16.9. The lowest BCUT2D eigenvalue weighted by Gasteiger charge is -2.26. The number of nitriles is 1. The fourth-order valence-corrected chi connectivity index (χ4v) is 4.67. The van der Waals surface area contributed by atoms with E-state index >= 15 is 0 Å². The predicted octanol–water partition coefficient (Wildman–Crippen LogP) is 2.39. The van der Waals surface area contributed by atoms with Gasteiger partial charge in [-0.25, -0.2) is 8.42 Å². The summed E-state index contributed by atoms with van der Waals surface area (Å²) in [7, 11) is -3.51. The summed E-state index contributed by atoms with van der Waals surface area (Å²) in [5, 5.41) is 11.8. The van der Waals surface area contributed by atoms with Gasteiger partial charge in [0.1, 0.15) is 0 Å². The van der Waals surface area contributed by atoms with Crippen LogP contribution in [0.2, 0.25) is 0 Å². The highest BCUT2D eigenvalue weighted by molar-refractivity contribution is 7.89. The first kappa shape index (κ1) is 22.0. The van der Waals surface area contributed by atoms with E-state index in [1.807, 2.05) is 19.1 Å². The van der Waals surface area contributed by atoms with Crippen LogP contribution in [0.5, 0.6) is 0 Å². The van der Waals surface area contributed by atoms with Crippen molar-refractivity contribution in [1.82, 2.24) is 9.62 Å². The van der Waals surface area contributed by atoms with Crippen molar-refractivity contribution in [3.8, 4) is 6.07 Å². The zero-order valence-corrected chi connectivity index (χ0v) is 17.7. The van der Waals surface area contributed by atoms with Crippen molar-refractivity contribution < 1.29 is 17.9 Å². The van der Waals surface area contributed by atoms with E-state index in [1.165, 1.54) is 4.31 Å². The number of amides is 1. The molecule has 0 spiro atoms. The molecule has 7 nitrogen and oxygen atoms in total. The normalized spacial score (nSPS) is 15.9. The Morgan fingerprint density at radius 1 is 1.13 bits per heavy atom. The maximum absolute atomic E-state index is 12.6. The second-order valence-electron chi connectivity index (χ2n) is 7.18. The lowest BCUT2D eigenvalue weighted by molar-refractivity contribution is -0.121. The molecule has 0 radical (unpaired) electrons. The number of benzene rings is 2. The van der Waals surface area contributed by atoms with E-state index in [2.05, 4.69) is 11.4 Å². The number of carbonyl (C=O) groups excluding carboxylic acids is 1. The predicted molar refractivity (Wildman–Crippen MR) is 112 cm³/mol. The first-order chi connectivity index (χ1) is 14.4. The van der Waals surface area contributed by atoms with E-state index in [0.717, 1.165) is 11.1 Å². The maximum atomic E-state index is 12.6. The molecular formula is C22H25N3O4S. The summed E-state index contributed by atoms with van der Waals surface area (Å²) in [6.45, 7) is 3.44. The largest absolute Gasteiger partial charge is 0.379 e. The summed E-state index contributed by atoms with van der Waals surface area (Å²) < 4.78 is 31.9. The summed E-state index contributed by atoms with van der Waals surface area (Å²) in [5.41, 5.74) is 2.41. The van der Waals surface area contributed by atoms with Gasteiger partial charge in [0.2, 0.25) is 15.9 Å². The Morgan fingerprint density at radius 3 is 2.37 bits per heavy atom. The molecule has 1 atom stereocenters. The fraction of sp³-hybridized carbons (Fsp3) is 0.364. The summed E-state index contributed by atoms with van der Waals surface area (Å²) in [6, 6.07) is 15.7. The molecule has 3 rings (SSSR count). The maximum Gasteiger partial charge on any atom is 0.243 e. The number of morpholine rings is 1. The monoisotopic (exact) mass is 427 g/mol. The zero-order chi connectivity index (χ0) is 21.6. The van der Waals surface area contributed by atoms with Gasteiger partial charge in [0.15, 0.2) is 0 Å². The van der Waals surface area contributed by atoms with Crippen LogP contribution in [-0.2, 0) is 26.0 Å². The minimum absolute atomic E-state index is 0.0862. The molecule has 1 amide bonds. The number of aryl methyl sites for hydroxylation is 1. The number of nitrogens with one attached hydrogen (secondary N) is 1. The molecule has 1 unspecified atom stereocenters. The molecule has 0 aromatic heterocycles. The van der Waals surface area contributed by atoms with Crippen LogP contribution in [0.3, 0.4) is 0 Å². The Labute approximate surface area is 177 Å². The van der Waals surface area contributed by atoms with E-state index in [-0.39, 0.29) is 16.8 Å². The van der Waals surface area contributed by atoms with Crippen LogP contribution >= 0.6 is 0 Å². The smallest absolute Gasteiger partial charge is 0.243 e. The Morgan fingerprint density at radius 2 is 1.77 bits per heavy atom. The molecule has 1 saturated heterocycles. The van der Waals surface area contributed by atoms with Crippen LogP contribution in [0.25, 0.3) is 0 Å². The molecule has 1 aliphatic rings. The topological polar surface area (TPSA) is 99.5 Å². The Bertz CT molecular complexity index is 1010. The third-order valence-corrected chi connectivity index (χ3v) is 7.00. The summed E-state index contributed by atoms with van der Waals surface area (Å²) >= 11 is 0. The molecular weight excluding hydrogens is 402 g/mol. The molecule has 8 heteroatoms. The molecule has 0 bridgehead atoms. The lowest BCUT2D eigenvalue weighted by atomic mass is 10.1. The van der Waals surface area contributed by atoms with Gasteiger partial charge >= 0.3 is 0 Å². The molecule has 0 aliphatic carbocycles. The van der Waals surface area contributed by atoms with Gasteiger partial charge in [-0.05, 0) is 48.7 Å². The lowest BCUT2D eigenvalue weighted by Crippen LogP contribution is -2.40. The number of sulfonamides is 1. The van der Waals surface area contributed by atoms with Gasteiger partial charge < -0.3 is 10.1 Å². The average Bonchev–Trinajstić information content (AvgIpc) is 2.78. The summed E-state index contributed by atoms with van der Waals surface area (Å²) in [4.78, 5) is 12.5. The molecule has 1 heterocycles. The summed E-state index contributed by atoms with van der Waals surface area (Å²) in [6.07, 6.45) is 0.819. The van der Waals surface area contributed by atoms with Gasteiger partial charge in [-0.2, -0.15) is 9.57 Å². The van der Waals surface area contributed by atoms with E-state index in [0.29, 0.717) is 44.7 Å². The van der Waals surface area contributed by atoms with Gasteiger partial charge in [0.05, 0.1) is 35.8 Å². The van der Waals surface area contributed by atoms with Crippen LogP contribution in [0.15, 0.2) is 53.4 Å². The SMILES string of the molecule is CC(NC(=O)CCc1ccc(S(=O)(=O)N2CCOCC2)cc1)c1ccc(C#N)cc1. The van der Waals surface area contributed by atoms with E-state index < -0.39 is 10.0 Å². The number of nitrogens with zero attached hydrogens (tertiary/aromatic N) is 2. The number of rotatable bonds is 7. The highest BCUT2D eigenvalue weighted by Gasteiger charge is 2.26. The molecule has 158 valence electrons. The molecule has 2 aromatic carbocycles. The summed E-state index contributed by atoms with van der Waals surface area (Å²) in [5.74, 6) is -0.0862. The fourth-order valence-electron chi connectivity index (χ4n) is 3.27. The third-order valence-electron chi connectivity index (χ3n) is 5.09. The standard InChI is InChI=1S/C22H25N3O4S/c1-17(20-7-2-19(16-23)3-8-20)24-22(26)11-6-18-4-9-21(10-5-18)30(27,28)25-12-14-29-15-13-25/h2-5,7-10,17H,6,11-15H2,1H3,(H,24,26). The second-order valence-corrected chi connectivity index (χ2v) is 9.12. The van der Waals surface area contributed by atoms with Crippen molar-refractivity contribution in [3.63, 3.8) is 0 Å². The van der Waals surface area contributed by atoms with Crippen molar-refractivity contribution in [2.45, 2.75) is 30.7 Å². The van der Waals surface area contributed by atoms with Crippen molar-refractivity contribution >= 4 is 15.9 Å². The Kier molecular flexibility index (Phi) is 7.21. The minimum atomic E-state index is -3.51. The van der Waals surface area contributed by atoms with Crippen molar-refractivity contribution in [2.75, 3.05) is 26.3 Å². The van der Waals surface area contributed by atoms with Crippen LogP contribution in [0.4, 0.5) is 0 Å². The quantitative estimate of drug-likeness (QED) is 0.731. The number of hydrogen-bond acceptors (Lipinski definition) is 5. The number of ether oxygens (including phenoxy) is 1. The average molecular weight is 428 g/mol. The highest BCUT2D eigenvalue weighted by Crippen LogP contribution is 2.18. The van der Waals surface area contributed by atoms with Crippen molar-refractivity contribution in [2.24, 2.45) is 0 Å². The van der Waals surface area contributed by atoms with E-state index in [9.17, 15) is 13.2 Å². The number of hydrogen-bond donors (Lipinski definition) is 1.